The van der Waals surface area contributed by atoms with E-state index in [0.717, 1.165) is 64.2 Å². The van der Waals surface area contributed by atoms with E-state index in [-0.39, 0.29) is 18.6 Å². The molecule has 58 heavy (non-hydrogen) atoms. The maximum Gasteiger partial charge on any atom is 0.381 e. The molecule has 0 saturated heterocycles. The van der Waals surface area contributed by atoms with Gasteiger partial charge < -0.3 is 46.0 Å². The minimum Gasteiger partial charge on any atom is -0.472 e. The Labute approximate surface area is 347 Å². The van der Waals surface area contributed by atoms with Crippen molar-refractivity contribution in [1.29, 1.82) is 0 Å². The van der Waals surface area contributed by atoms with Crippen LogP contribution in [0.5, 0.6) is 0 Å². The fourth-order valence-electron chi connectivity index (χ4n) is 5.75. The third-order valence-corrected chi connectivity index (χ3v) is 9.21. The van der Waals surface area contributed by atoms with Crippen LogP contribution in [-0.4, -0.2) is 107 Å². The number of carboxylic acids is 1. The first-order valence-corrected chi connectivity index (χ1v) is 21.0. The van der Waals surface area contributed by atoms with E-state index in [1.165, 1.54) is 44.3 Å². The lowest BCUT2D eigenvalue weighted by Gasteiger charge is -2.12. The molecule has 0 aromatic carbocycles. The lowest BCUT2D eigenvalue weighted by atomic mass is 10.0. The second kappa shape index (κ2) is 37.5. The highest BCUT2D eigenvalue weighted by Gasteiger charge is 2.14. The molecular weight excluding hydrogens is 741 g/mol. The number of carbonyl (C=O) groups is 2. The minimum atomic E-state index is -1.33. The zero-order valence-electron chi connectivity index (χ0n) is 34.3. The van der Waals surface area contributed by atoms with Gasteiger partial charge in [-0.3, -0.25) is 4.79 Å². The Bertz CT molecular complexity index is 1410. The Kier molecular flexibility index (Phi) is 35.1. The summed E-state index contributed by atoms with van der Waals surface area (Å²) in [7, 11) is 0. The normalized spacial score (nSPS) is 15.5. The summed E-state index contributed by atoms with van der Waals surface area (Å²) in [5.41, 5.74) is 0. The monoisotopic (exact) mass is 810 g/mol. The van der Waals surface area contributed by atoms with Gasteiger partial charge in [-0.15, -0.1) is 6.42 Å². The van der Waals surface area contributed by atoms with E-state index in [2.05, 4.69) is 35.5 Å². The quantitative estimate of drug-likeness (QED) is 0.0255. The number of aliphatic hydroxyl groups excluding tert-OH is 8. The summed E-state index contributed by atoms with van der Waals surface area (Å²) in [6.45, 7) is 0. The van der Waals surface area contributed by atoms with E-state index in [1.807, 2.05) is 18.1 Å². The fraction of sp³-hybridized carbons (Fsp3) is 0.660. The molecule has 0 bridgehead atoms. The van der Waals surface area contributed by atoms with E-state index in [1.54, 1.807) is 12.2 Å². The Balaban J connectivity index is 3.81. The van der Waals surface area contributed by atoms with Crippen LogP contribution >= 0.6 is 0 Å². The maximum atomic E-state index is 12.3. The smallest absolute Gasteiger partial charge is 0.381 e. The molecule has 11 heteroatoms. The van der Waals surface area contributed by atoms with E-state index in [9.17, 15) is 50.4 Å². The fourth-order valence-corrected chi connectivity index (χ4v) is 5.75. The molecule has 11 nitrogen and oxygen atoms in total. The number of aliphatic carboxylic acids is 1. The van der Waals surface area contributed by atoms with Crippen molar-refractivity contribution in [1.82, 2.24) is 0 Å². The molecule has 8 unspecified atom stereocenters. The number of Topliss-reactive ketones (excluding diaryl/α,β-unsaturated/α-hetero) is 1. The van der Waals surface area contributed by atoms with Crippen LogP contribution in [0.4, 0.5) is 0 Å². The predicted octanol–water partition coefficient (Wildman–Crippen LogP) is 4.81. The third-order valence-electron chi connectivity index (χ3n) is 9.21. The molecule has 0 radical (unpaired) electrons. The molecule has 8 atom stereocenters. The summed E-state index contributed by atoms with van der Waals surface area (Å²) in [5, 5.41) is 87.0. The number of ketones is 1. The van der Waals surface area contributed by atoms with Crippen LogP contribution in [0.25, 0.3) is 0 Å². The van der Waals surface area contributed by atoms with Crippen LogP contribution in [0, 0.1) is 47.9 Å². The average Bonchev–Trinajstić information content (AvgIpc) is 3.20. The van der Waals surface area contributed by atoms with Crippen molar-refractivity contribution in [3.63, 3.8) is 0 Å². The number of carboxylic acid groups (broad SMARTS) is 1. The zero-order chi connectivity index (χ0) is 43.2. The molecule has 9 N–H and O–H groups in total. The standard InChI is InChI=1S/C47H70O11/c1-2-38(48)30-31-40(50)25-22-23-26-41(51)33-35-42(52)34-32-39(49)24-18-14-12-13-17-20-28-44(54)43(53)27-19-15-10-8-6-4-3-5-7-9-11-16-21-29-45(55)46(56)36-37-47(57)58/h1,12-13,22-23,30-31,38-42,44-46,48-52,54-56H,3-11,14-21,24-29H2,(H,57,58). The number of aliphatic hydroxyl groups is 8. The van der Waals surface area contributed by atoms with Crippen LogP contribution in [0.15, 0.2) is 36.5 Å². The Morgan fingerprint density at radius 1 is 0.534 bits per heavy atom. The topological polar surface area (TPSA) is 216 Å². The Hall–Kier alpha value is -3.72. The van der Waals surface area contributed by atoms with Crippen molar-refractivity contribution in [3.05, 3.63) is 36.5 Å². The molecule has 0 aliphatic heterocycles. The van der Waals surface area contributed by atoms with E-state index >= 15 is 0 Å². The Morgan fingerprint density at radius 2 is 1.05 bits per heavy atom. The SMILES string of the molecule is C#CC(O)C=CC(O)CC=CCC(O)C#CC(O)C#CC(O)CCCC=CCCCC(O)C(=O)CCCCCCCCCCCCCCCC(O)C(O)C#CC(=O)O. The molecule has 0 aliphatic rings. The zero-order valence-corrected chi connectivity index (χ0v) is 34.3. The van der Waals surface area contributed by atoms with Gasteiger partial charge in [0.1, 0.15) is 30.5 Å². The van der Waals surface area contributed by atoms with Gasteiger partial charge in [-0.2, -0.15) is 0 Å². The lowest BCUT2D eigenvalue weighted by molar-refractivity contribution is -0.130. The summed E-state index contributed by atoms with van der Waals surface area (Å²) < 4.78 is 0. The van der Waals surface area contributed by atoms with Crippen LogP contribution in [0.1, 0.15) is 148 Å². The third kappa shape index (κ3) is 35.4. The van der Waals surface area contributed by atoms with Gasteiger partial charge >= 0.3 is 5.97 Å². The van der Waals surface area contributed by atoms with Gasteiger partial charge in [-0.25, -0.2) is 4.79 Å². The lowest BCUT2D eigenvalue weighted by Crippen LogP contribution is -2.24. The molecule has 0 saturated carbocycles. The highest BCUT2D eigenvalue weighted by atomic mass is 16.4. The maximum absolute atomic E-state index is 12.3. The van der Waals surface area contributed by atoms with Crippen molar-refractivity contribution in [2.75, 3.05) is 0 Å². The molecule has 0 fully saturated rings. The number of hydrogen-bond acceptors (Lipinski definition) is 10. The van der Waals surface area contributed by atoms with Crippen molar-refractivity contribution in [2.24, 2.45) is 0 Å². The van der Waals surface area contributed by atoms with Crippen LogP contribution in [0.3, 0.4) is 0 Å². The van der Waals surface area contributed by atoms with Crippen molar-refractivity contribution in [2.45, 2.75) is 197 Å². The van der Waals surface area contributed by atoms with E-state index < -0.39 is 54.8 Å². The van der Waals surface area contributed by atoms with Crippen molar-refractivity contribution >= 4 is 11.8 Å². The molecule has 0 heterocycles. The molecule has 0 amide bonds. The van der Waals surface area contributed by atoms with Crippen LogP contribution < -0.4 is 0 Å². The molecule has 0 aliphatic carbocycles. The van der Waals surface area contributed by atoms with Crippen molar-refractivity contribution < 1.29 is 55.5 Å². The highest BCUT2D eigenvalue weighted by Crippen LogP contribution is 2.15. The molecular formula is C47H70O11. The summed E-state index contributed by atoms with van der Waals surface area (Å²) in [4.78, 5) is 22.7. The van der Waals surface area contributed by atoms with Gasteiger partial charge in [0.2, 0.25) is 0 Å². The van der Waals surface area contributed by atoms with Gasteiger partial charge in [-0.1, -0.05) is 143 Å². The van der Waals surface area contributed by atoms with E-state index in [4.69, 9.17) is 11.5 Å². The first-order chi connectivity index (χ1) is 27.8. The number of unbranched alkanes of at least 4 members (excludes halogenated alkanes) is 14. The highest BCUT2D eigenvalue weighted by molar-refractivity contribution is 5.86. The number of carbonyl (C=O) groups excluding carboxylic acids is 1. The Morgan fingerprint density at radius 3 is 1.62 bits per heavy atom. The molecule has 0 rings (SSSR count). The van der Waals surface area contributed by atoms with Crippen LogP contribution in [0.2, 0.25) is 0 Å². The molecule has 0 aromatic heterocycles. The van der Waals surface area contributed by atoms with Crippen LogP contribution in [-0.2, 0) is 9.59 Å². The van der Waals surface area contributed by atoms with Gasteiger partial charge in [-0.05, 0) is 63.9 Å². The second-order valence-corrected chi connectivity index (χ2v) is 14.6. The first kappa shape index (κ1) is 54.3. The minimum absolute atomic E-state index is 0.0838. The second-order valence-electron chi connectivity index (χ2n) is 14.6. The summed E-state index contributed by atoms with van der Waals surface area (Å²) in [6, 6.07) is 0. The molecule has 0 aromatic rings. The number of terminal acetylenes is 1. The molecule has 0 spiro atoms. The summed E-state index contributed by atoms with van der Waals surface area (Å²) >= 11 is 0. The predicted molar refractivity (Wildman–Crippen MR) is 226 cm³/mol. The number of rotatable bonds is 32. The van der Waals surface area contributed by atoms with Gasteiger partial charge in [0.25, 0.3) is 0 Å². The van der Waals surface area contributed by atoms with Gasteiger partial charge in [0.05, 0.1) is 12.2 Å². The number of hydrogen-bond donors (Lipinski definition) is 9. The van der Waals surface area contributed by atoms with Gasteiger partial charge in [0, 0.05) is 18.8 Å². The van der Waals surface area contributed by atoms with Gasteiger partial charge in [0.15, 0.2) is 11.9 Å². The number of allylic oxidation sites excluding steroid dienone is 2. The largest absolute Gasteiger partial charge is 0.472 e. The summed E-state index contributed by atoms with van der Waals surface area (Å²) in [5.74, 6) is 14.6. The van der Waals surface area contributed by atoms with E-state index in [0.29, 0.717) is 38.5 Å². The molecule has 324 valence electrons. The van der Waals surface area contributed by atoms with Crippen molar-refractivity contribution in [3.8, 4) is 47.9 Å². The average molecular weight is 811 g/mol. The summed E-state index contributed by atoms with van der Waals surface area (Å²) in [6.07, 6.45) is 25.6. The first-order valence-electron chi connectivity index (χ1n) is 21.0.